The minimum atomic E-state index is -0.978. The first-order valence-corrected chi connectivity index (χ1v) is 5.45. The van der Waals surface area contributed by atoms with E-state index in [1.807, 2.05) is 24.1 Å². The van der Waals surface area contributed by atoms with Gasteiger partial charge in [0.05, 0.1) is 10.7 Å². The molecule has 1 aromatic carbocycles. The Morgan fingerprint density at radius 1 is 1.59 bits per heavy atom. The summed E-state index contributed by atoms with van der Waals surface area (Å²) in [6.07, 6.45) is 4.37. The van der Waals surface area contributed by atoms with Crippen molar-refractivity contribution in [1.29, 1.82) is 0 Å². The molecule has 0 aliphatic heterocycles. The highest BCUT2D eigenvalue weighted by molar-refractivity contribution is 6.33. The van der Waals surface area contributed by atoms with Gasteiger partial charge < -0.3 is 10.0 Å². The summed E-state index contributed by atoms with van der Waals surface area (Å²) in [6.45, 7) is 4.36. The molecular formula is C13H14ClNO2. The molecule has 4 heteroatoms. The van der Waals surface area contributed by atoms with Gasteiger partial charge in [0.1, 0.15) is 0 Å². The largest absolute Gasteiger partial charge is 0.478 e. The molecule has 0 unspecified atom stereocenters. The number of aliphatic carboxylic acids is 1. The first-order chi connectivity index (χ1) is 8.04. The van der Waals surface area contributed by atoms with Crippen molar-refractivity contribution in [3.63, 3.8) is 0 Å². The van der Waals surface area contributed by atoms with Crippen molar-refractivity contribution >= 4 is 29.3 Å². The Balaban J connectivity index is 2.93. The summed E-state index contributed by atoms with van der Waals surface area (Å²) in [4.78, 5) is 12.3. The molecule has 0 heterocycles. The molecule has 1 N–H and O–H groups in total. The number of carboxylic acid groups (broad SMARTS) is 1. The molecule has 0 aromatic heterocycles. The van der Waals surface area contributed by atoms with E-state index >= 15 is 0 Å². The highest BCUT2D eigenvalue weighted by Gasteiger charge is 2.04. The van der Waals surface area contributed by atoms with E-state index < -0.39 is 5.97 Å². The predicted molar refractivity (Wildman–Crippen MR) is 71.6 cm³/mol. The Morgan fingerprint density at radius 3 is 2.82 bits per heavy atom. The van der Waals surface area contributed by atoms with Gasteiger partial charge in [-0.1, -0.05) is 23.7 Å². The second-order valence-electron chi connectivity index (χ2n) is 3.55. The Kier molecular flexibility index (Phi) is 4.79. The molecule has 0 radical (unpaired) electrons. The standard InChI is InChI=1S/C13H14ClNO2/c1-3-8-15(2)12-6-4-10(9-11(12)14)5-7-13(16)17/h3-7,9H,1,8H2,2H3,(H,16,17)/b7-5+. The fourth-order valence-electron chi connectivity index (χ4n) is 1.40. The molecule has 0 amide bonds. The summed E-state index contributed by atoms with van der Waals surface area (Å²) in [5, 5.41) is 9.10. The Hall–Kier alpha value is -1.74. The molecule has 3 nitrogen and oxygen atoms in total. The lowest BCUT2D eigenvalue weighted by Gasteiger charge is -2.18. The van der Waals surface area contributed by atoms with E-state index in [1.165, 1.54) is 6.08 Å². The fourth-order valence-corrected chi connectivity index (χ4v) is 1.73. The average molecular weight is 252 g/mol. The van der Waals surface area contributed by atoms with Crippen LogP contribution in [-0.2, 0) is 4.79 Å². The van der Waals surface area contributed by atoms with Crippen molar-refractivity contribution < 1.29 is 9.90 Å². The van der Waals surface area contributed by atoms with Gasteiger partial charge in [-0.25, -0.2) is 4.79 Å². The van der Waals surface area contributed by atoms with Crippen molar-refractivity contribution in [2.24, 2.45) is 0 Å². The second kappa shape index (κ2) is 6.11. The number of carboxylic acids is 1. The molecule has 90 valence electrons. The van der Waals surface area contributed by atoms with Crippen LogP contribution in [0, 0.1) is 0 Å². The number of carbonyl (C=O) groups is 1. The van der Waals surface area contributed by atoms with Crippen LogP contribution >= 0.6 is 11.6 Å². The highest BCUT2D eigenvalue weighted by atomic mass is 35.5. The lowest BCUT2D eigenvalue weighted by Crippen LogP contribution is -2.16. The molecule has 0 aliphatic rings. The van der Waals surface area contributed by atoms with Crippen LogP contribution in [0.4, 0.5) is 5.69 Å². The smallest absolute Gasteiger partial charge is 0.328 e. The van der Waals surface area contributed by atoms with Crippen molar-refractivity contribution in [2.45, 2.75) is 0 Å². The van der Waals surface area contributed by atoms with E-state index in [4.69, 9.17) is 16.7 Å². The molecule has 17 heavy (non-hydrogen) atoms. The maximum Gasteiger partial charge on any atom is 0.328 e. The molecule has 1 aromatic rings. The fraction of sp³-hybridized carbons (Fsp3) is 0.154. The van der Waals surface area contributed by atoms with Gasteiger partial charge in [0.25, 0.3) is 0 Å². The summed E-state index contributed by atoms with van der Waals surface area (Å²) in [5.41, 5.74) is 1.65. The summed E-state index contributed by atoms with van der Waals surface area (Å²) in [5.74, 6) is -0.978. The topological polar surface area (TPSA) is 40.5 Å². The molecule has 1 rings (SSSR count). The Bertz CT molecular complexity index is 455. The molecule has 0 fully saturated rings. The van der Waals surface area contributed by atoms with Crippen LogP contribution in [0.1, 0.15) is 5.56 Å². The average Bonchev–Trinajstić information content (AvgIpc) is 2.26. The van der Waals surface area contributed by atoms with E-state index in [-0.39, 0.29) is 0 Å². The maximum atomic E-state index is 10.4. The summed E-state index contributed by atoms with van der Waals surface area (Å²) >= 11 is 6.12. The first kappa shape index (κ1) is 13.3. The van der Waals surface area contributed by atoms with Crippen LogP contribution in [-0.4, -0.2) is 24.7 Å². The number of hydrogen-bond acceptors (Lipinski definition) is 2. The zero-order valence-corrected chi connectivity index (χ0v) is 10.3. The molecule has 0 aliphatic carbocycles. The molecule has 0 bridgehead atoms. The third-order valence-corrected chi connectivity index (χ3v) is 2.51. The Morgan fingerprint density at radius 2 is 2.29 bits per heavy atom. The van der Waals surface area contributed by atoms with E-state index in [0.29, 0.717) is 11.6 Å². The van der Waals surface area contributed by atoms with Gasteiger partial charge >= 0.3 is 5.97 Å². The van der Waals surface area contributed by atoms with Crippen molar-refractivity contribution in [3.05, 3.63) is 47.5 Å². The highest BCUT2D eigenvalue weighted by Crippen LogP contribution is 2.26. The van der Waals surface area contributed by atoms with Crippen molar-refractivity contribution in [2.75, 3.05) is 18.5 Å². The molecular weight excluding hydrogens is 238 g/mol. The number of likely N-dealkylation sites (N-methyl/N-ethyl adjacent to an activating group) is 1. The zero-order chi connectivity index (χ0) is 12.8. The van der Waals surface area contributed by atoms with E-state index in [2.05, 4.69) is 6.58 Å². The van der Waals surface area contributed by atoms with Gasteiger partial charge in [0.15, 0.2) is 0 Å². The van der Waals surface area contributed by atoms with Crippen LogP contribution in [0.5, 0.6) is 0 Å². The molecule has 0 spiro atoms. The third-order valence-electron chi connectivity index (χ3n) is 2.20. The molecule has 0 saturated carbocycles. The third kappa shape index (κ3) is 3.96. The monoisotopic (exact) mass is 251 g/mol. The lowest BCUT2D eigenvalue weighted by atomic mass is 10.2. The Labute approximate surface area is 106 Å². The zero-order valence-electron chi connectivity index (χ0n) is 9.56. The van der Waals surface area contributed by atoms with Gasteiger partial charge in [0, 0.05) is 19.7 Å². The number of benzene rings is 1. The van der Waals surface area contributed by atoms with Gasteiger partial charge in [-0.2, -0.15) is 0 Å². The van der Waals surface area contributed by atoms with Gasteiger partial charge in [-0.3, -0.25) is 0 Å². The molecule has 0 saturated heterocycles. The number of rotatable bonds is 5. The van der Waals surface area contributed by atoms with Crippen LogP contribution < -0.4 is 4.90 Å². The van der Waals surface area contributed by atoms with Crippen molar-refractivity contribution in [1.82, 2.24) is 0 Å². The number of anilines is 1. The van der Waals surface area contributed by atoms with Crippen molar-refractivity contribution in [3.8, 4) is 0 Å². The summed E-state index contributed by atoms with van der Waals surface area (Å²) < 4.78 is 0. The minimum Gasteiger partial charge on any atom is -0.478 e. The van der Waals surface area contributed by atoms with Gasteiger partial charge in [-0.05, 0) is 23.8 Å². The van der Waals surface area contributed by atoms with Crippen LogP contribution in [0.3, 0.4) is 0 Å². The number of halogens is 1. The second-order valence-corrected chi connectivity index (χ2v) is 3.96. The first-order valence-electron chi connectivity index (χ1n) is 5.07. The predicted octanol–water partition coefficient (Wildman–Crippen LogP) is 3.06. The minimum absolute atomic E-state index is 0.585. The summed E-state index contributed by atoms with van der Waals surface area (Å²) in [6, 6.07) is 5.41. The van der Waals surface area contributed by atoms with Crippen LogP contribution in [0.15, 0.2) is 36.9 Å². The lowest BCUT2D eigenvalue weighted by molar-refractivity contribution is -0.131. The molecule has 0 atom stereocenters. The van der Waals surface area contributed by atoms with E-state index in [9.17, 15) is 4.79 Å². The van der Waals surface area contributed by atoms with Crippen LogP contribution in [0.2, 0.25) is 5.02 Å². The number of hydrogen-bond donors (Lipinski definition) is 1. The van der Waals surface area contributed by atoms with E-state index in [1.54, 1.807) is 12.1 Å². The normalized spacial score (nSPS) is 10.5. The van der Waals surface area contributed by atoms with Gasteiger partial charge in [0.2, 0.25) is 0 Å². The summed E-state index contributed by atoms with van der Waals surface area (Å²) in [7, 11) is 1.91. The maximum absolute atomic E-state index is 10.4. The van der Waals surface area contributed by atoms with Crippen LogP contribution in [0.25, 0.3) is 6.08 Å². The SMILES string of the molecule is C=CCN(C)c1ccc(/C=C/C(=O)O)cc1Cl. The quantitative estimate of drug-likeness (QED) is 0.646. The number of nitrogens with zero attached hydrogens (tertiary/aromatic N) is 1. The van der Waals surface area contributed by atoms with Gasteiger partial charge in [-0.15, -0.1) is 6.58 Å². The van der Waals surface area contributed by atoms with E-state index in [0.717, 1.165) is 17.3 Å².